The third-order valence-corrected chi connectivity index (χ3v) is 4.29. The second-order valence-corrected chi connectivity index (χ2v) is 5.79. The number of hydrogen-bond donors (Lipinski definition) is 1. The molecule has 4 heteroatoms. The van der Waals surface area contributed by atoms with E-state index in [9.17, 15) is 0 Å². The summed E-state index contributed by atoms with van der Waals surface area (Å²) in [4.78, 5) is 4.88. The van der Waals surface area contributed by atoms with Gasteiger partial charge in [0.1, 0.15) is 11.5 Å². The van der Waals surface area contributed by atoms with Gasteiger partial charge in [0.2, 0.25) is 0 Å². The topological polar surface area (TPSA) is 39.9 Å². The molecule has 4 nitrogen and oxygen atoms in total. The predicted octanol–water partition coefficient (Wildman–Crippen LogP) is 2.12. The van der Waals surface area contributed by atoms with Gasteiger partial charge in [-0.1, -0.05) is 6.92 Å². The molecule has 1 fully saturated rings. The normalized spacial score (nSPS) is 18.0. The van der Waals surface area contributed by atoms with Crippen LogP contribution in [0.3, 0.4) is 0 Å². The standard InChI is InChI=1S/C16H28N2O2/c1-3-15-5-6-16(20-15)13-18-10-7-14(8-11-18)17(2)9-4-12-19/h5-6,14,19H,3-4,7-13H2,1-2H3. The van der Waals surface area contributed by atoms with Crippen molar-refractivity contribution in [3.63, 3.8) is 0 Å². The minimum absolute atomic E-state index is 0.293. The number of aliphatic hydroxyl groups excluding tert-OH is 1. The minimum atomic E-state index is 0.293. The molecule has 1 aromatic rings. The molecule has 0 aliphatic carbocycles. The Bertz CT molecular complexity index is 384. The van der Waals surface area contributed by atoms with Crippen LogP contribution in [0.15, 0.2) is 16.5 Å². The first-order valence-electron chi connectivity index (χ1n) is 7.84. The van der Waals surface area contributed by atoms with Crippen LogP contribution >= 0.6 is 0 Å². The van der Waals surface area contributed by atoms with Crippen molar-refractivity contribution in [2.45, 2.75) is 45.2 Å². The molecule has 0 radical (unpaired) electrons. The zero-order valence-electron chi connectivity index (χ0n) is 12.8. The quantitative estimate of drug-likeness (QED) is 0.830. The fraction of sp³-hybridized carbons (Fsp3) is 0.750. The SMILES string of the molecule is CCc1ccc(CN2CCC(N(C)CCCO)CC2)o1. The molecule has 0 atom stereocenters. The van der Waals surface area contributed by atoms with Gasteiger partial charge in [0.15, 0.2) is 0 Å². The molecule has 0 bridgehead atoms. The number of piperidine rings is 1. The lowest BCUT2D eigenvalue weighted by atomic mass is 10.0. The van der Waals surface area contributed by atoms with Crippen LogP contribution in [0.1, 0.15) is 37.7 Å². The lowest BCUT2D eigenvalue weighted by molar-refractivity contribution is 0.112. The van der Waals surface area contributed by atoms with Crippen LogP contribution in [0.5, 0.6) is 0 Å². The van der Waals surface area contributed by atoms with Crippen molar-refractivity contribution in [3.05, 3.63) is 23.7 Å². The fourth-order valence-corrected chi connectivity index (χ4v) is 2.94. The van der Waals surface area contributed by atoms with Crippen molar-refractivity contribution >= 4 is 0 Å². The predicted molar refractivity (Wildman–Crippen MR) is 80.7 cm³/mol. The average Bonchev–Trinajstić information content (AvgIpc) is 2.93. The monoisotopic (exact) mass is 280 g/mol. The van der Waals surface area contributed by atoms with Gasteiger partial charge in [-0.15, -0.1) is 0 Å². The highest BCUT2D eigenvalue weighted by molar-refractivity contribution is 5.07. The molecular formula is C16H28N2O2. The van der Waals surface area contributed by atoms with Gasteiger partial charge in [0.25, 0.3) is 0 Å². The van der Waals surface area contributed by atoms with E-state index in [0.29, 0.717) is 12.6 Å². The van der Waals surface area contributed by atoms with Gasteiger partial charge in [-0.25, -0.2) is 0 Å². The maximum Gasteiger partial charge on any atom is 0.118 e. The smallest absolute Gasteiger partial charge is 0.118 e. The van der Waals surface area contributed by atoms with Crippen molar-refractivity contribution in [1.82, 2.24) is 9.80 Å². The molecule has 1 aliphatic rings. The molecule has 0 amide bonds. The second kappa shape index (κ2) is 7.81. The van der Waals surface area contributed by atoms with Crippen molar-refractivity contribution in [1.29, 1.82) is 0 Å². The number of aryl methyl sites for hydroxylation is 1. The maximum atomic E-state index is 8.90. The van der Waals surface area contributed by atoms with E-state index in [-0.39, 0.29) is 0 Å². The van der Waals surface area contributed by atoms with Crippen molar-refractivity contribution in [2.24, 2.45) is 0 Å². The van der Waals surface area contributed by atoms with Gasteiger partial charge in [0, 0.05) is 38.7 Å². The summed E-state index contributed by atoms with van der Waals surface area (Å²) in [6, 6.07) is 4.86. The highest BCUT2D eigenvalue weighted by atomic mass is 16.3. The third-order valence-electron chi connectivity index (χ3n) is 4.29. The van der Waals surface area contributed by atoms with Crippen molar-refractivity contribution in [2.75, 3.05) is 33.3 Å². The first kappa shape index (κ1) is 15.5. The second-order valence-electron chi connectivity index (χ2n) is 5.79. The Morgan fingerprint density at radius 2 is 2.00 bits per heavy atom. The Morgan fingerprint density at radius 1 is 1.30 bits per heavy atom. The van der Waals surface area contributed by atoms with E-state index in [0.717, 1.165) is 50.5 Å². The van der Waals surface area contributed by atoms with Crippen molar-refractivity contribution < 1.29 is 9.52 Å². The molecule has 0 saturated carbocycles. The molecule has 0 unspecified atom stereocenters. The van der Waals surface area contributed by atoms with Crippen LogP contribution in [-0.4, -0.2) is 54.2 Å². The van der Waals surface area contributed by atoms with E-state index in [1.165, 1.54) is 12.8 Å². The molecule has 2 rings (SSSR count). The summed E-state index contributed by atoms with van der Waals surface area (Å²) < 4.78 is 5.78. The minimum Gasteiger partial charge on any atom is -0.465 e. The Hall–Kier alpha value is -0.840. The fourth-order valence-electron chi connectivity index (χ4n) is 2.94. The lowest BCUT2D eigenvalue weighted by Gasteiger charge is -2.36. The Kier molecular flexibility index (Phi) is 6.07. The number of likely N-dealkylation sites (tertiary alicyclic amines) is 1. The zero-order valence-corrected chi connectivity index (χ0v) is 12.8. The van der Waals surface area contributed by atoms with Gasteiger partial charge in [-0.2, -0.15) is 0 Å². The van der Waals surface area contributed by atoms with Crippen LogP contribution in [0, 0.1) is 0 Å². The Balaban J connectivity index is 1.73. The third kappa shape index (κ3) is 4.33. The lowest BCUT2D eigenvalue weighted by Crippen LogP contribution is -2.43. The van der Waals surface area contributed by atoms with Gasteiger partial charge < -0.3 is 14.4 Å². The number of aliphatic hydroxyl groups is 1. The molecule has 1 N–H and O–H groups in total. The number of hydrogen-bond acceptors (Lipinski definition) is 4. The highest BCUT2D eigenvalue weighted by Gasteiger charge is 2.22. The molecular weight excluding hydrogens is 252 g/mol. The van der Waals surface area contributed by atoms with E-state index in [4.69, 9.17) is 9.52 Å². The average molecular weight is 280 g/mol. The molecule has 114 valence electrons. The Morgan fingerprint density at radius 3 is 2.60 bits per heavy atom. The summed E-state index contributed by atoms with van der Waals surface area (Å²) in [5.41, 5.74) is 0. The van der Waals surface area contributed by atoms with Crippen LogP contribution < -0.4 is 0 Å². The van der Waals surface area contributed by atoms with Gasteiger partial charge in [0.05, 0.1) is 6.54 Å². The summed E-state index contributed by atoms with van der Waals surface area (Å²) in [7, 11) is 2.18. The summed E-state index contributed by atoms with van der Waals surface area (Å²) in [6.07, 6.45) is 4.27. The van der Waals surface area contributed by atoms with Crippen LogP contribution in [-0.2, 0) is 13.0 Å². The summed E-state index contributed by atoms with van der Waals surface area (Å²) in [5.74, 6) is 2.17. The molecule has 1 aliphatic heterocycles. The van der Waals surface area contributed by atoms with Crippen molar-refractivity contribution in [3.8, 4) is 0 Å². The largest absolute Gasteiger partial charge is 0.465 e. The molecule has 0 aromatic carbocycles. The van der Waals surface area contributed by atoms with E-state index in [2.05, 4.69) is 35.9 Å². The molecule has 20 heavy (non-hydrogen) atoms. The Labute approximate surface area is 122 Å². The maximum absolute atomic E-state index is 8.90. The summed E-state index contributed by atoms with van der Waals surface area (Å²) in [5, 5.41) is 8.90. The van der Waals surface area contributed by atoms with Gasteiger partial charge in [-0.05, 0) is 38.4 Å². The van der Waals surface area contributed by atoms with E-state index >= 15 is 0 Å². The summed E-state index contributed by atoms with van der Waals surface area (Å²) >= 11 is 0. The van der Waals surface area contributed by atoms with Crippen LogP contribution in [0.25, 0.3) is 0 Å². The highest BCUT2D eigenvalue weighted by Crippen LogP contribution is 2.18. The number of rotatable bonds is 7. The van der Waals surface area contributed by atoms with Crippen LogP contribution in [0.4, 0.5) is 0 Å². The van der Waals surface area contributed by atoms with Gasteiger partial charge in [-0.3, -0.25) is 4.90 Å². The zero-order chi connectivity index (χ0) is 14.4. The van der Waals surface area contributed by atoms with E-state index < -0.39 is 0 Å². The molecule has 1 aromatic heterocycles. The number of furan rings is 1. The summed E-state index contributed by atoms with van der Waals surface area (Å²) in [6.45, 7) is 6.62. The molecule has 2 heterocycles. The van der Waals surface area contributed by atoms with E-state index in [1.54, 1.807) is 0 Å². The first-order valence-corrected chi connectivity index (χ1v) is 7.84. The first-order chi connectivity index (χ1) is 9.72. The molecule has 0 spiro atoms. The van der Waals surface area contributed by atoms with Crippen LogP contribution in [0.2, 0.25) is 0 Å². The molecule has 1 saturated heterocycles. The van der Waals surface area contributed by atoms with E-state index in [1.807, 2.05) is 0 Å². The van der Waals surface area contributed by atoms with Gasteiger partial charge >= 0.3 is 0 Å². The number of nitrogens with zero attached hydrogens (tertiary/aromatic N) is 2.